The lowest BCUT2D eigenvalue weighted by Gasteiger charge is -2.43. The molecule has 0 fully saturated rings. The van der Waals surface area contributed by atoms with Crippen LogP contribution in [0.4, 0.5) is 5.69 Å². The fraction of sp³-hybridized carbons (Fsp3) is 0.0870. The van der Waals surface area contributed by atoms with Gasteiger partial charge in [0.05, 0.1) is 13.2 Å². The van der Waals surface area contributed by atoms with E-state index >= 15 is 0 Å². The van der Waals surface area contributed by atoms with Crippen molar-refractivity contribution in [3.63, 3.8) is 0 Å². The Balaban J connectivity index is 2.01. The van der Waals surface area contributed by atoms with Crippen LogP contribution in [-0.2, 0) is 15.1 Å². The summed E-state index contributed by atoms with van der Waals surface area (Å²) in [4.78, 5) is 11.9. The van der Waals surface area contributed by atoms with Crippen molar-refractivity contribution >= 4 is 11.7 Å². The van der Waals surface area contributed by atoms with Crippen LogP contribution >= 0.6 is 0 Å². The van der Waals surface area contributed by atoms with Crippen molar-refractivity contribution in [2.45, 2.75) is 5.54 Å². The lowest BCUT2D eigenvalue weighted by molar-refractivity contribution is -0.134. The number of esters is 1. The summed E-state index contributed by atoms with van der Waals surface area (Å²) in [7, 11) is 1.37. The predicted octanol–water partition coefficient (Wildman–Crippen LogP) is 4.01. The molecule has 0 radical (unpaired) electrons. The van der Waals surface area contributed by atoms with Crippen molar-refractivity contribution in [3.05, 3.63) is 114 Å². The molecule has 0 atom stereocenters. The minimum absolute atomic E-state index is 0.417. The second-order valence-corrected chi connectivity index (χ2v) is 6.36. The van der Waals surface area contributed by atoms with Crippen molar-refractivity contribution in [2.24, 2.45) is 0 Å². The zero-order chi connectivity index (χ0) is 18.7. The summed E-state index contributed by atoms with van der Waals surface area (Å²) < 4.78 is 4.83. The highest BCUT2D eigenvalue weighted by molar-refractivity contribution is 5.84. The van der Waals surface area contributed by atoms with Gasteiger partial charge in [-0.05, 0) is 17.2 Å². The Kier molecular flexibility index (Phi) is 4.38. The Morgan fingerprint density at radius 3 is 2.00 bits per heavy atom. The molecule has 0 spiro atoms. The lowest BCUT2D eigenvalue weighted by atomic mass is 9.75. The predicted molar refractivity (Wildman–Crippen MR) is 106 cm³/mol. The van der Waals surface area contributed by atoms with Gasteiger partial charge >= 0.3 is 5.97 Å². The maximum absolute atomic E-state index is 11.9. The smallest absolute Gasteiger partial charge is 0.334 e. The summed E-state index contributed by atoms with van der Waals surface area (Å²) in [5.74, 6) is 0.174. The third kappa shape index (κ3) is 2.95. The summed E-state index contributed by atoms with van der Waals surface area (Å²) in [5.41, 5.74) is 3.56. The number of hydrogen-bond acceptors (Lipinski definition) is 4. The molecule has 3 aromatic carbocycles. The molecule has 1 heterocycles. The number of carbonyl (C=O) groups is 1. The van der Waals surface area contributed by atoms with E-state index in [0.29, 0.717) is 5.82 Å². The van der Waals surface area contributed by atoms with E-state index in [0.717, 1.165) is 22.4 Å². The van der Waals surface area contributed by atoms with E-state index in [9.17, 15) is 4.79 Å². The molecule has 0 unspecified atom stereocenters. The van der Waals surface area contributed by atoms with Crippen LogP contribution in [0.1, 0.15) is 16.7 Å². The molecule has 3 aromatic rings. The van der Waals surface area contributed by atoms with Gasteiger partial charge in [0.1, 0.15) is 11.4 Å². The molecule has 134 valence electrons. The molecule has 4 heteroatoms. The summed E-state index contributed by atoms with van der Waals surface area (Å²) in [6, 6.07) is 28.6. The van der Waals surface area contributed by atoms with Gasteiger partial charge in [-0.1, -0.05) is 78.9 Å². The molecule has 0 bridgehead atoms. The molecule has 4 nitrogen and oxygen atoms in total. The number of rotatable bonds is 3. The molecule has 0 saturated carbocycles. The highest BCUT2D eigenvalue weighted by Crippen LogP contribution is 2.43. The van der Waals surface area contributed by atoms with Crippen LogP contribution < -0.4 is 10.6 Å². The quantitative estimate of drug-likeness (QED) is 0.550. The Morgan fingerprint density at radius 2 is 1.41 bits per heavy atom. The van der Waals surface area contributed by atoms with Gasteiger partial charge in [0.15, 0.2) is 0 Å². The van der Waals surface area contributed by atoms with Crippen molar-refractivity contribution in [1.82, 2.24) is 5.32 Å². The molecule has 0 saturated heterocycles. The van der Waals surface area contributed by atoms with Crippen LogP contribution in [0.25, 0.3) is 0 Å². The lowest BCUT2D eigenvalue weighted by Crippen LogP contribution is -2.49. The number of benzene rings is 3. The minimum Gasteiger partial charge on any atom is -0.466 e. The Morgan fingerprint density at radius 1 is 0.852 bits per heavy atom. The van der Waals surface area contributed by atoms with E-state index in [2.05, 4.69) is 41.0 Å². The molecule has 0 amide bonds. The normalized spacial score (nSPS) is 16.0. The first-order valence-corrected chi connectivity index (χ1v) is 8.79. The molecular formula is C23H20N2O2. The second kappa shape index (κ2) is 7.00. The summed E-state index contributed by atoms with van der Waals surface area (Å²) in [6.45, 7) is 0. The van der Waals surface area contributed by atoms with Crippen LogP contribution in [-0.4, -0.2) is 13.1 Å². The van der Waals surface area contributed by atoms with E-state index in [4.69, 9.17) is 4.74 Å². The van der Waals surface area contributed by atoms with Crippen LogP contribution in [0.5, 0.6) is 0 Å². The van der Waals surface area contributed by atoms with E-state index < -0.39 is 11.5 Å². The highest BCUT2D eigenvalue weighted by atomic mass is 16.5. The number of nitrogens with one attached hydrogen (secondary N) is 2. The Bertz CT molecular complexity index is 942. The molecule has 2 N–H and O–H groups in total. The van der Waals surface area contributed by atoms with Gasteiger partial charge in [0.25, 0.3) is 0 Å². The first kappa shape index (κ1) is 16.9. The van der Waals surface area contributed by atoms with Crippen molar-refractivity contribution < 1.29 is 9.53 Å². The van der Waals surface area contributed by atoms with Crippen LogP contribution in [0.3, 0.4) is 0 Å². The van der Waals surface area contributed by atoms with Gasteiger partial charge < -0.3 is 15.4 Å². The van der Waals surface area contributed by atoms with Crippen LogP contribution in [0.2, 0.25) is 0 Å². The van der Waals surface area contributed by atoms with E-state index in [1.54, 1.807) is 0 Å². The number of methoxy groups -OCH3 is 1. The maximum atomic E-state index is 11.9. The minimum atomic E-state index is -0.635. The van der Waals surface area contributed by atoms with Gasteiger partial charge in [0, 0.05) is 11.3 Å². The van der Waals surface area contributed by atoms with Gasteiger partial charge in [0.2, 0.25) is 0 Å². The zero-order valence-corrected chi connectivity index (χ0v) is 15.0. The van der Waals surface area contributed by atoms with Gasteiger partial charge in [-0.25, -0.2) is 4.79 Å². The molecular weight excluding hydrogens is 336 g/mol. The molecule has 27 heavy (non-hydrogen) atoms. The van der Waals surface area contributed by atoms with Crippen molar-refractivity contribution in [3.8, 4) is 0 Å². The fourth-order valence-electron chi connectivity index (χ4n) is 3.61. The van der Waals surface area contributed by atoms with Crippen LogP contribution in [0.15, 0.2) is 96.8 Å². The maximum Gasteiger partial charge on any atom is 0.334 e. The fourth-order valence-corrected chi connectivity index (χ4v) is 3.61. The largest absolute Gasteiger partial charge is 0.466 e. The topological polar surface area (TPSA) is 50.4 Å². The Hall–Kier alpha value is -3.53. The van der Waals surface area contributed by atoms with Crippen molar-refractivity contribution in [2.75, 3.05) is 12.4 Å². The summed E-state index contributed by atoms with van der Waals surface area (Å²) >= 11 is 0. The number of fused-ring (bicyclic) bond motifs is 1. The number of hydrogen-bond donors (Lipinski definition) is 2. The molecule has 1 aliphatic rings. The number of para-hydroxylation sites is 1. The number of ether oxygens (including phenoxy) is 1. The molecule has 0 aliphatic carbocycles. The number of carbonyl (C=O) groups excluding carboxylic acids is 1. The van der Waals surface area contributed by atoms with E-state index in [1.807, 2.05) is 54.6 Å². The second-order valence-electron chi connectivity index (χ2n) is 6.36. The van der Waals surface area contributed by atoms with E-state index in [1.165, 1.54) is 13.2 Å². The van der Waals surface area contributed by atoms with Gasteiger partial charge in [-0.2, -0.15) is 0 Å². The van der Waals surface area contributed by atoms with E-state index in [-0.39, 0.29) is 0 Å². The first-order valence-electron chi connectivity index (χ1n) is 8.79. The van der Waals surface area contributed by atoms with Crippen LogP contribution in [0, 0.1) is 0 Å². The summed E-state index contributed by atoms with van der Waals surface area (Å²) in [6.07, 6.45) is 1.44. The standard InChI is InChI=1S/C23H20N2O2/c1-27-22(26)16-21-24-20-15-9-8-14-19(20)23(25-21,17-10-4-2-5-11-17)18-12-6-3-7-13-18/h2-16,24-25H,1H3/b21-16+. The third-order valence-electron chi connectivity index (χ3n) is 4.80. The SMILES string of the molecule is COC(=O)/C=C1\Nc2ccccc2C(c2ccccc2)(c2ccccc2)N1. The van der Waals surface area contributed by atoms with Gasteiger partial charge in [-0.3, -0.25) is 0 Å². The monoisotopic (exact) mass is 356 g/mol. The molecule has 1 aliphatic heterocycles. The molecule has 4 rings (SSSR count). The average Bonchev–Trinajstić information content (AvgIpc) is 2.74. The average molecular weight is 356 g/mol. The van der Waals surface area contributed by atoms with Gasteiger partial charge in [-0.15, -0.1) is 0 Å². The third-order valence-corrected chi connectivity index (χ3v) is 4.80. The highest BCUT2D eigenvalue weighted by Gasteiger charge is 2.41. The first-order chi connectivity index (χ1) is 13.2. The summed E-state index contributed by atoms with van der Waals surface area (Å²) in [5, 5.41) is 6.88. The van der Waals surface area contributed by atoms with Crippen molar-refractivity contribution in [1.29, 1.82) is 0 Å². The molecule has 0 aromatic heterocycles. The number of anilines is 1. The Labute approximate surface area is 158 Å². The zero-order valence-electron chi connectivity index (χ0n) is 15.0.